The largest absolute Gasteiger partial charge is 0.482 e. The molecule has 5 nitrogen and oxygen atoms in total. The number of thioether (sulfide) groups is 1. The molecular formula is C22H20N2O3S. The number of likely N-dealkylation sites (N-methyl/N-ethyl adjacent to an activating group) is 1. The molecule has 1 amide bonds. The Morgan fingerprint density at radius 2 is 2.00 bits per heavy atom. The number of nitrogens with zero attached hydrogens (tertiary/aromatic N) is 2. The van der Waals surface area contributed by atoms with E-state index in [-0.39, 0.29) is 23.5 Å². The predicted octanol–water partition coefficient (Wildman–Crippen LogP) is 4.26. The topological polar surface area (TPSA) is 59.5 Å². The lowest BCUT2D eigenvalue weighted by atomic mass is 10.1. The minimum absolute atomic E-state index is 0.00756. The molecule has 28 heavy (non-hydrogen) atoms. The summed E-state index contributed by atoms with van der Waals surface area (Å²) in [5, 5.41) is 1.63. The van der Waals surface area contributed by atoms with E-state index in [1.54, 1.807) is 25.2 Å². The summed E-state index contributed by atoms with van der Waals surface area (Å²) in [5.74, 6) is 0.480. The molecule has 1 atom stereocenters. The van der Waals surface area contributed by atoms with Crippen LogP contribution in [0.5, 0.6) is 5.75 Å². The van der Waals surface area contributed by atoms with Crippen molar-refractivity contribution in [3.8, 4) is 5.75 Å². The summed E-state index contributed by atoms with van der Waals surface area (Å²) >= 11 is 1.44. The van der Waals surface area contributed by atoms with Crippen molar-refractivity contribution in [2.24, 2.45) is 0 Å². The first-order valence-electron chi connectivity index (χ1n) is 9.04. The normalized spacial score (nSPS) is 14.5. The first kappa shape index (κ1) is 18.5. The van der Waals surface area contributed by atoms with Crippen molar-refractivity contribution in [1.82, 2.24) is 4.98 Å². The Labute approximate surface area is 167 Å². The van der Waals surface area contributed by atoms with Crippen molar-refractivity contribution in [1.29, 1.82) is 0 Å². The highest BCUT2D eigenvalue weighted by Gasteiger charge is 2.25. The fraction of sp³-hybridized carbons (Fsp3) is 0.227. The average Bonchev–Trinajstić information content (AvgIpc) is 2.70. The van der Waals surface area contributed by atoms with E-state index in [1.807, 2.05) is 37.3 Å². The number of carbonyl (C=O) groups excluding carboxylic acids is 2. The highest BCUT2D eigenvalue weighted by atomic mass is 32.2. The number of carbonyl (C=O) groups is 2. The molecule has 2 heterocycles. The SMILES string of the molecule is Cc1cc(SC(C)C(=O)c2ccc3c(c2)N(C)C(=O)CO3)nc2ccccc12. The summed E-state index contributed by atoms with van der Waals surface area (Å²) in [6, 6.07) is 15.2. The Hall–Kier alpha value is -2.86. The van der Waals surface area contributed by atoms with Crippen LogP contribution in [0.3, 0.4) is 0 Å². The number of aromatic nitrogens is 1. The maximum Gasteiger partial charge on any atom is 0.264 e. The number of aryl methyl sites for hydroxylation is 1. The smallest absolute Gasteiger partial charge is 0.264 e. The highest BCUT2D eigenvalue weighted by Crippen LogP contribution is 2.34. The number of ether oxygens (including phenoxy) is 1. The molecule has 0 aliphatic carbocycles. The second-order valence-corrected chi connectivity index (χ2v) is 8.20. The van der Waals surface area contributed by atoms with Gasteiger partial charge in [-0.05, 0) is 49.7 Å². The average molecular weight is 392 g/mol. The standard InChI is InChI=1S/C22H20N2O3S/c1-13-10-20(23-17-7-5-4-6-16(13)17)28-14(2)22(26)15-8-9-19-18(11-15)24(3)21(25)12-27-19/h4-11,14H,12H2,1-3H3. The second-order valence-electron chi connectivity index (χ2n) is 6.84. The van der Waals surface area contributed by atoms with Crippen LogP contribution in [0.2, 0.25) is 0 Å². The molecule has 0 spiro atoms. The van der Waals surface area contributed by atoms with Gasteiger partial charge in [0.15, 0.2) is 12.4 Å². The number of hydrogen-bond donors (Lipinski definition) is 0. The van der Waals surface area contributed by atoms with Crippen molar-refractivity contribution < 1.29 is 14.3 Å². The molecule has 1 aliphatic rings. The molecule has 2 aromatic carbocycles. The van der Waals surface area contributed by atoms with Gasteiger partial charge in [0.25, 0.3) is 5.91 Å². The van der Waals surface area contributed by atoms with Crippen LogP contribution in [0.25, 0.3) is 10.9 Å². The van der Waals surface area contributed by atoms with E-state index in [4.69, 9.17) is 4.74 Å². The highest BCUT2D eigenvalue weighted by molar-refractivity contribution is 8.00. The first-order valence-corrected chi connectivity index (χ1v) is 9.92. The van der Waals surface area contributed by atoms with Crippen LogP contribution >= 0.6 is 11.8 Å². The number of ketones is 1. The maximum atomic E-state index is 13.0. The van der Waals surface area contributed by atoms with Gasteiger partial charge in [-0.3, -0.25) is 9.59 Å². The summed E-state index contributed by atoms with van der Waals surface area (Å²) in [5.41, 5.74) is 3.25. The first-order chi connectivity index (χ1) is 13.4. The van der Waals surface area contributed by atoms with Crippen molar-refractivity contribution in [2.45, 2.75) is 24.1 Å². The molecule has 0 fully saturated rings. The number of hydrogen-bond acceptors (Lipinski definition) is 5. The lowest BCUT2D eigenvalue weighted by Crippen LogP contribution is -2.35. The summed E-state index contributed by atoms with van der Waals surface area (Å²) in [4.78, 5) is 31.0. The number of para-hydroxylation sites is 1. The molecule has 0 saturated heterocycles. The van der Waals surface area contributed by atoms with Crippen molar-refractivity contribution in [3.63, 3.8) is 0 Å². The zero-order valence-corrected chi connectivity index (χ0v) is 16.7. The monoisotopic (exact) mass is 392 g/mol. The molecule has 6 heteroatoms. The van der Waals surface area contributed by atoms with E-state index in [2.05, 4.69) is 11.9 Å². The third-order valence-electron chi connectivity index (χ3n) is 4.90. The van der Waals surface area contributed by atoms with Crippen molar-refractivity contribution in [2.75, 3.05) is 18.6 Å². The molecule has 0 saturated carbocycles. The number of pyridine rings is 1. The predicted molar refractivity (Wildman–Crippen MR) is 111 cm³/mol. The Morgan fingerprint density at radius 1 is 1.21 bits per heavy atom. The van der Waals surface area contributed by atoms with Gasteiger partial charge in [-0.25, -0.2) is 4.98 Å². The number of benzene rings is 2. The fourth-order valence-corrected chi connectivity index (χ4v) is 4.27. The fourth-order valence-electron chi connectivity index (χ4n) is 3.27. The molecule has 0 N–H and O–H groups in total. The maximum absolute atomic E-state index is 13.0. The summed E-state index contributed by atoms with van der Waals surface area (Å²) in [6.07, 6.45) is 0. The van der Waals surface area contributed by atoms with Gasteiger partial charge < -0.3 is 9.64 Å². The second kappa shape index (κ2) is 7.28. The zero-order chi connectivity index (χ0) is 19.8. The van der Waals surface area contributed by atoms with Crippen LogP contribution in [0.1, 0.15) is 22.8 Å². The Bertz CT molecular complexity index is 1100. The minimum Gasteiger partial charge on any atom is -0.482 e. The van der Waals surface area contributed by atoms with Crippen LogP contribution < -0.4 is 9.64 Å². The van der Waals surface area contributed by atoms with Gasteiger partial charge in [-0.1, -0.05) is 30.0 Å². The number of Topliss-reactive ketones (excluding diaryl/α,β-unsaturated/α-hetero) is 1. The molecular weight excluding hydrogens is 372 g/mol. The number of fused-ring (bicyclic) bond motifs is 2. The Kier molecular flexibility index (Phi) is 4.81. The lowest BCUT2D eigenvalue weighted by molar-refractivity contribution is -0.120. The number of amides is 1. The van der Waals surface area contributed by atoms with E-state index in [1.165, 1.54) is 16.7 Å². The molecule has 0 radical (unpaired) electrons. The molecule has 3 aromatic rings. The van der Waals surface area contributed by atoms with Gasteiger partial charge in [0.05, 0.1) is 21.5 Å². The van der Waals surface area contributed by atoms with E-state index in [0.29, 0.717) is 17.0 Å². The minimum atomic E-state index is -0.309. The van der Waals surface area contributed by atoms with Crippen LogP contribution in [0.15, 0.2) is 53.6 Å². The van der Waals surface area contributed by atoms with Gasteiger partial charge >= 0.3 is 0 Å². The third kappa shape index (κ3) is 3.36. The molecule has 0 bridgehead atoms. The zero-order valence-electron chi connectivity index (χ0n) is 15.9. The quantitative estimate of drug-likeness (QED) is 0.490. The Balaban J connectivity index is 1.58. The summed E-state index contributed by atoms with van der Waals surface area (Å²) in [6.45, 7) is 3.96. The van der Waals surface area contributed by atoms with E-state index >= 15 is 0 Å². The summed E-state index contributed by atoms with van der Waals surface area (Å²) in [7, 11) is 1.69. The van der Waals surface area contributed by atoms with Gasteiger partial charge in [0.1, 0.15) is 5.75 Å². The third-order valence-corrected chi connectivity index (χ3v) is 5.91. The van der Waals surface area contributed by atoms with Gasteiger partial charge in [0.2, 0.25) is 0 Å². The molecule has 1 aromatic heterocycles. The van der Waals surface area contributed by atoms with Crippen LogP contribution in [-0.4, -0.2) is 35.6 Å². The molecule has 1 aliphatic heterocycles. The van der Waals surface area contributed by atoms with E-state index < -0.39 is 0 Å². The van der Waals surface area contributed by atoms with Gasteiger partial charge in [0, 0.05) is 18.0 Å². The molecule has 142 valence electrons. The molecule has 4 rings (SSSR count). The van der Waals surface area contributed by atoms with Gasteiger partial charge in [-0.15, -0.1) is 0 Å². The number of anilines is 1. The van der Waals surface area contributed by atoms with Crippen molar-refractivity contribution >= 4 is 40.0 Å². The van der Waals surface area contributed by atoms with Crippen LogP contribution in [0.4, 0.5) is 5.69 Å². The summed E-state index contributed by atoms with van der Waals surface area (Å²) < 4.78 is 5.43. The number of rotatable bonds is 4. The molecule has 1 unspecified atom stereocenters. The van der Waals surface area contributed by atoms with Crippen molar-refractivity contribution in [3.05, 3.63) is 59.7 Å². The van der Waals surface area contributed by atoms with E-state index in [0.717, 1.165) is 21.5 Å². The van der Waals surface area contributed by atoms with Gasteiger partial charge in [-0.2, -0.15) is 0 Å². The van der Waals surface area contributed by atoms with Crippen LogP contribution in [0, 0.1) is 6.92 Å². The lowest BCUT2D eigenvalue weighted by Gasteiger charge is -2.26. The van der Waals surface area contributed by atoms with Crippen LogP contribution in [-0.2, 0) is 4.79 Å². The Morgan fingerprint density at radius 3 is 2.82 bits per heavy atom. The van der Waals surface area contributed by atoms with E-state index in [9.17, 15) is 9.59 Å².